The fraction of sp³-hybridized carbons (Fsp3) is 0.0800. The van der Waals surface area contributed by atoms with E-state index in [0.717, 1.165) is 10.7 Å². The van der Waals surface area contributed by atoms with Gasteiger partial charge in [-0.3, -0.25) is 9.59 Å². The van der Waals surface area contributed by atoms with Gasteiger partial charge in [0.25, 0.3) is 11.5 Å². The standard InChI is InChI=1S/C25H18F3N3O2/c1-2-31-25(33)20(24(32)29-18-14-13-17(26)21(27)22(18)28)19(15-9-5-3-6-10-15)23(30-31)16-11-7-4-8-12-16/h3-14H,2H2,1H3,(H,29,32). The Morgan fingerprint density at radius 1 is 0.879 bits per heavy atom. The van der Waals surface area contributed by atoms with Gasteiger partial charge < -0.3 is 5.32 Å². The number of halogens is 3. The largest absolute Gasteiger partial charge is 0.319 e. The van der Waals surface area contributed by atoms with Crippen molar-refractivity contribution in [3.05, 3.63) is 106 Å². The van der Waals surface area contributed by atoms with Crippen LogP contribution in [0.15, 0.2) is 77.6 Å². The maximum Gasteiger partial charge on any atom is 0.280 e. The summed E-state index contributed by atoms with van der Waals surface area (Å²) in [6.07, 6.45) is 0. The number of benzene rings is 3. The summed E-state index contributed by atoms with van der Waals surface area (Å²) in [6, 6.07) is 19.3. The normalized spacial score (nSPS) is 10.8. The van der Waals surface area contributed by atoms with Gasteiger partial charge in [-0.15, -0.1) is 0 Å². The summed E-state index contributed by atoms with van der Waals surface area (Å²) in [5.74, 6) is -5.64. The van der Waals surface area contributed by atoms with Crippen molar-refractivity contribution >= 4 is 11.6 Å². The Kier molecular flexibility index (Phi) is 6.08. The molecule has 1 N–H and O–H groups in total. The van der Waals surface area contributed by atoms with Crippen LogP contribution in [0.3, 0.4) is 0 Å². The smallest absolute Gasteiger partial charge is 0.280 e. The monoisotopic (exact) mass is 449 g/mol. The SMILES string of the molecule is CCn1nc(-c2ccccc2)c(-c2ccccc2)c(C(=O)Nc2ccc(F)c(F)c2F)c1=O. The number of amides is 1. The molecular formula is C25H18F3N3O2. The predicted octanol–water partition coefficient (Wildman–Crippen LogP) is 5.27. The Balaban J connectivity index is 1.98. The molecule has 166 valence electrons. The van der Waals surface area contributed by atoms with Crippen molar-refractivity contribution in [2.75, 3.05) is 5.32 Å². The third kappa shape index (κ3) is 4.15. The lowest BCUT2D eigenvalue weighted by Gasteiger charge is -2.17. The summed E-state index contributed by atoms with van der Waals surface area (Å²) in [6.45, 7) is 1.87. The second kappa shape index (κ2) is 9.12. The van der Waals surface area contributed by atoms with E-state index in [2.05, 4.69) is 10.4 Å². The van der Waals surface area contributed by atoms with Gasteiger partial charge in [0.05, 0.1) is 11.4 Å². The number of carbonyl (C=O) groups is 1. The van der Waals surface area contributed by atoms with Gasteiger partial charge in [-0.2, -0.15) is 5.10 Å². The fourth-order valence-corrected chi connectivity index (χ4v) is 3.49. The summed E-state index contributed by atoms with van der Waals surface area (Å²) in [7, 11) is 0. The first-order valence-electron chi connectivity index (χ1n) is 10.1. The molecule has 0 atom stereocenters. The molecule has 0 saturated heterocycles. The summed E-state index contributed by atoms with van der Waals surface area (Å²) in [5.41, 5.74) is 0.249. The van der Waals surface area contributed by atoms with E-state index in [9.17, 15) is 22.8 Å². The van der Waals surface area contributed by atoms with Gasteiger partial charge in [-0.1, -0.05) is 60.7 Å². The first kappa shape index (κ1) is 22.0. The first-order chi connectivity index (χ1) is 15.9. The van der Waals surface area contributed by atoms with Crippen LogP contribution in [0.1, 0.15) is 17.3 Å². The minimum absolute atomic E-state index is 0.174. The van der Waals surface area contributed by atoms with Crippen molar-refractivity contribution in [1.29, 1.82) is 0 Å². The summed E-state index contributed by atoms with van der Waals surface area (Å²) in [4.78, 5) is 26.5. The Labute approximate surface area is 187 Å². The highest BCUT2D eigenvalue weighted by Crippen LogP contribution is 2.32. The highest BCUT2D eigenvalue weighted by Gasteiger charge is 2.26. The number of aromatic nitrogens is 2. The molecule has 3 aromatic carbocycles. The van der Waals surface area contributed by atoms with Crippen LogP contribution in [0.25, 0.3) is 22.4 Å². The van der Waals surface area contributed by atoms with Crippen LogP contribution in [-0.4, -0.2) is 15.7 Å². The molecule has 8 heteroatoms. The lowest BCUT2D eigenvalue weighted by Crippen LogP contribution is -2.32. The maximum absolute atomic E-state index is 14.2. The molecule has 0 spiro atoms. The third-order valence-corrected chi connectivity index (χ3v) is 5.08. The summed E-state index contributed by atoms with van der Waals surface area (Å²) >= 11 is 0. The molecule has 0 bridgehead atoms. The van der Waals surface area contributed by atoms with Gasteiger partial charge >= 0.3 is 0 Å². The molecule has 0 aliphatic rings. The quantitative estimate of drug-likeness (QED) is 0.423. The molecule has 0 fully saturated rings. The van der Waals surface area contributed by atoms with Gasteiger partial charge in [-0.25, -0.2) is 17.9 Å². The van der Waals surface area contributed by atoms with E-state index in [1.54, 1.807) is 61.5 Å². The molecule has 0 radical (unpaired) electrons. The highest BCUT2D eigenvalue weighted by atomic mass is 19.2. The molecule has 0 saturated carbocycles. The predicted molar refractivity (Wildman–Crippen MR) is 119 cm³/mol. The van der Waals surface area contributed by atoms with Crippen LogP contribution >= 0.6 is 0 Å². The summed E-state index contributed by atoms with van der Waals surface area (Å²) < 4.78 is 42.4. The number of carbonyl (C=O) groups excluding carboxylic acids is 1. The van der Waals surface area contributed by atoms with Crippen molar-refractivity contribution < 1.29 is 18.0 Å². The lowest BCUT2D eigenvalue weighted by molar-refractivity contribution is 0.102. The molecule has 4 rings (SSSR count). The third-order valence-electron chi connectivity index (χ3n) is 5.08. The van der Waals surface area contributed by atoms with Crippen LogP contribution in [0.4, 0.5) is 18.9 Å². The molecular weight excluding hydrogens is 431 g/mol. The van der Waals surface area contributed by atoms with Crippen LogP contribution in [0.2, 0.25) is 0 Å². The Morgan fingerprint density at radius 3 is 2.09 bits per heavy atom. The molecule has 0 unspecified atom stereocenters. The molecule has 1 heterocycles. The van der Waals surface area contributed by atoms with E-state index in [4.69, 9.17) is 0 Å². The zero-order valence-corrected chi connectivity index (χ0v) is 17.5. The minimum atomic E-state index is -1.72. The Bertz CT molecular complexity index is 1390. The Morgan fingerprint density at radius 2 is 1.48 bits per heavy atom. The van der Waals surface area contributed by atoms with E-state index in [0.29, 0.717) is 22.9 Å². The maximum atomic E-state index is 14.2. The van der Waals surface area contributed by atoms with Crippen molar-refractivity contribution in [1.82, 2.24) is 9.78 Å². The van der Waals surface area contributed by atoms with Gasteiger partial charge in [-0.05, 0) is 24.6 Å². The van der Waals surface area contributed by atoms with Crippen molar-refractivity contribution in [2.24, 2.45) is 0 Å². The van der Waals surface area contributed by atoms with E-state index in [1.165, 1.54) is 0 Å². The lowest BCUT2D eigenvalue weighted by atomic mass is 9.95. The zero-order chi connectivity index (χ0) is 23.5. The first-order valence-corrected chi connectivity index (χ1v) is 10.1. The number of nitrogens with zero attached hydrogens (tertiary/aromatic N) is 2. The second-order valence-electron chi connectivity index (χ2n) is 7.13. The Hall–Kier alpha value is -4.20. The molecule has 33 heavy (non-hydrogen) atoms. The topological polar surface area (TPSA) is 64.0 Å². The van der Waals surface area contributed by atoms with Crippen LogP contribution in [0, 0.1) is 17.5 Å². The molecule has 1 aromatic heterocycles. The number of rotatable bonds is 5. The number of aryl methyl sites for hydroxylation is 1. The second-order valence-corrected chi connectivity index (χ2v) is 7.13. The fourth-order valence-electron chi connectivity index (χ4n) is 3.49. The summed E-state index contributed by atoms with van der Waals surface area (Å²) in [5, 5.41) is 6.69. The van der Waals surface area contributed by atoms with Crippen LogP contribution < -0.4 is 10.9 Å². The number of hydrogen-bond donors (Lipinski definition) is 1. The average molecular weight is 449 g/mol. The molecule has 4 aromatic rings. The van der Waals surface area contributed by atoms with Crippen molar-refractivity contribution in [3.63, 3.8) is 0 Å². The van der Waals surface area contributed by atoms with Crippen molar-refractivity contribution in [3.8, 4) is 22.4 Å². The minimum Gasteiger partial charge on any atom is -0.319 e. The van der Waals surface area contributed by atoms with E-state index < -0.39 is 34.6 Å². The van der Waals surface area contributed by atoms with E-state index in [1.807, 2.05) is 6.07 Å². The van der Waals surface area contributed by atoms with Gasteiger partial charge in [0.2, 0.25) is 0 Å². The van der Waals surface area contributed by atoms with Crippen LogP contribution in [0.5, 0.6) is 0 Å². The van der Waals surface area contributed by atoms with E-state index in [-0.39, 0.29) is 17.7 Å². The zero-order valence-electron chi connectivity index (χ0n) is 17.5. The van der Waals surface area contributed by atoms with Gasteiger partial charge in [0, 0.05) is 17.7 Å². The molecule has 5 nitrogen and oxygen atoms in total. The van der Waals surface area contributed by atoms with Gasteiger partial charge in [0.1, 0.15) is 5.56 Å². The molecule has 0 aliphatic heterocycles. The molecule has 1 amide bonds. The number of nitrogens with one attached hydrogen (secondary N) is 1. The van der Waals surface area contributed by atoms with Crippen molar-refractivity contribution in [2.45, 2.75) is 13.5 Å². The number of hydrogen-bond acceptors (Lipinski definition) is 3. The van der Waals surface area contributed by atoms with E-state index >= 15 is 0 Å². The highest BCUT2D eigenvalue weighted by molar-refractivity contribution is 6.10. The number of anilines is 1. The van der Waals surface area contributed by atoms with Gasteiger partial charge in [0.15, 0.2) is 17.5 Å². The molecule has 0 aliphatic carbocycles. The average Bonchev–Trinajstić information content (AvgIpc) is 2.85. The van der Waals surface area contributed by atoms with Crippen LogP contribution in [-0.2, 0) is 6.54 Å².